The first-order valence-corrected chi connectivity index (χ1v) is 7.68. The molecular weight excluding hydrogens is 364 g/mol. The van der Waals surface area contributed by atoms with Gasteiger partial charge in [0.2, 0.25) is 5.95 Å². The van der Waals surface area contributed by atoms with Crippen molar-refractivity contribution in [2.75, 3.05) is 5.32 Å². The van der Waals surface area contributed by atoms with Gasteiger partial charge in [0.15, 0.2) is 5.65 Å². The Labute approximate surface area is 149 Å². The van der Waals surface area contributed by atoms with E-state index in [0.29, 0.717) is 5.69 Å². The van der Waals surface area contributed by atoms with Crippen LogP contribution in [0.5, 0.6) is 0 Å². The van der Waals surface area contributed by atoms with Gasteiger partial charge < -0.3 is 5.32 Å². The van der Waals surface area contributed by atoms with Crippen LogP contribution in [0.1, 0.15) is 5.56 Å². The van der Waals surface area contributed by atoms with Gasteiger partial charge in [-0.3, -0.25) is 4.98 Å². The van der Waals surface area contributed by atoms with Gasteiger partial charge in [-0.2, -0.15) is 22.8 Å². The Balaban J connectivity index is 1.72. The average Bonchev–Trinajstić information content (AvgIpc) is 3.05. The first-order valence-electron chi connectivity index (χ1n) is 7.68. The Morgan fingerprint density at radius 3 is 2.52 bits per heavy atom. The largest absolute Gasteiger partial charge is 0.418 e. The molecule has 0 saturated heterocycles. The van der Waals surface area contributed by atoms with Gasteiger partial charge in [-0.05, 0) is 42.5 Å². The van der Waals surface area contributed by atoms with Crippen LogP contribution in [0.15, 0.2) is 54.9 Å². The summed E-state index contributed by atoms with van der Waals surface area (Å²) >= 11 is 0. The van der Waals surface area contributed by atoms with E-state index in [1.54, 1.807) is 0 Å². The van der Waals surface area contributed by atoms with E-state index in [0.717, 1.165) is 6.07 Å². The smallest absolute Gasteiger partial charge is 0.323 e. The topological polar surface area (TPSA) is 68.0 Å². The minimum atomic E-state index is -4.54. The van der Waals surface area contributed by atoms with Crippen LogP contribution in [0.25, 0.3) is 16.9 Å². The zero-order chi connectivity index (χ0) is 19.0. The molecule has 0 atom stereocenters. The van der Waals surface area contributed by atoms with Crippen molar-refractivity contribution in [2.24, 2.45) is 0 Å². The molecule has 0 saturated carbocycles. The van der Waals surface area contributed by atoms with Gasteiger partial charge in [0.1, 0.15) is 5.82 Å². The van der Waals surface area contributed by atoms with Gasteiger partial charge in [-0.15, -0.1) is 10.2 Å². The number of alkyl halides is 3. The predicted molar refractivity (Wildman–Crippen MR) is 88.7 cm³/mol. The van der Waals surface area contributed by atoms with Crippen LogP contribution in [-0.4, -0.2) is 24.8 Å². The highest BCUT2D eigenvalue weighted by Crippen LogP contribution is 2.35. The lowest BCUT2D eigenvalue weighted by Crippen LogP contribution is -2.08. The maximum Gasteiger partial charge on any atom is 0.418 e. The Kier molecular flexibility index (Phi) is 3.94. The van der Waals surface area contributed by atoms with Gasteiger partial charge in [-0.1, -0.05) is 0 Å². The van der Waals surface area contributed by atoms with E-state index in [1.807, 2.05) is 0 Å². The van der Waals surface area contributed by atoms with Crippen LogP contribution in [0, 0.1) is 5.82 Å². The second-order valence-electron chi connectivity index (χ2n) is 5.57. The molecule has 6 nitrogen and oxygen atoms in total. The molecule has 0 spiro atoms. The third kappa shape index (κ3) is 3.28. The Bertz CT molecular complexity index is 1100. The number of pyridine rings is 1. The molecule has 3 heterocycles. The molecule has 10 heteroatoms. The molecule has 1 N–H and O–H groups in total. The zero-order valence-electron chi connectivity index (χ0n) is 13.4. The van der Waals surface area contributed by atoms with E-state index in [4.69, 9.17) is 0 Å². The summed E-state index contributed by atoms with van der Waals surface area (Å²) in [5.41, 5.74) is -0.149. The number of halogens is 4. The predicted octanol–water partition coefficient (Wildman–Crippen LogP) is 4.09. The summed E-state index contributed by atoms with van der Waals surface area (Å²) in [4.78, 5) is 3.84. The number of aromatic nitrogens is 5. The van der Waals surface area contributed by atoms with E-state index in [9.17, 15) is 17.6 Å². The van der Waals surface area contributed by atoms with Gasteiger partial charge in [0.05, 0.1) is 17.5 Å². The maximum absolute atomic E-state index is 13.2. The van der Waals surface area contributed by atoms with Crippen molar-refractivity contribution in [3.05, 3.63) is 66.2 Å². The maximum atomic E-state index is 13.2. The van der Waals surface area contributed by atoms with Crippen molar-refractivity contribution in [1.82, 2.24) is 24.8 Å². The quantitative estimate of drug-likeness (QED) is 0.547. The minimum Gasteiger partial charge on any atom is -0.323 e. The molecule has 0 fully saturated rings. The molecule has 1 aromatic carbocycles. The lowest BCUT2D eigenvalue weighted by molar-refractivity contribution is -0.137. The number of benzene rings is 1. The molecule has 0 aliphatic heterocycles. The fourth-order valence-corrected chi connectivity index (χ4v) is 2.53. The third-order valence-corrected chi connectivity index (χ3v) is 3.75. The van der Waals surface area contributed by atoms with Crippen LogP contribution in [0.4, 0.5) is 29.2 Å². The highest BCUT2D eigenvalue weighted by molar-refractivity contribution is 5.67. The third-order valence-electron chi connectivity index (χ3n) is 3.75. The van der Waals surface area contributed by atoms with Crippen molar-refractivity contribution in [2.45, 2.75) is 6.18 Å². The van der Waals surface area contributed by atoms with Gasteiger partial charge in [0.25, 0.3) is 0 Å². The van der Waals surface area contributed by atoms with Crippen LogP contribution in [-0.2, 0) is 6.18 Å². The monoisotopic (exact) mass is 374 g/mol. The van der Waals surface area contributed by atoms with Crippen LogP contribution >= 0.6 is 0 Å². The second kappa shape index (κ2) is 6.31. The van der Waals surface area contributed by atoms with E-state index < -0.39 is 11.7 Å². The fraction of sp³-hybridized carbons (Fsp3) is 0.0588. The normalized spacial score (nSPS) is 11.7. The number of hydrogen-bond donors (Lipinski definition) is 1. The van der Waals surface area contributed by atoms with E-state index >= 15 is 0 Å². The molecule has 4 rings (SSSR count). The van der Waals surface area contributed by atoms with Crippen molar-refractivity contribution in [1.29, 1.82) is 0 Å². The van der Waals surface area contributed by atoms with E-state index in [1.165, 1.54) is 53.3 Å². The molecule has 0 aliphatic carbocycles. The first kappa shape index (κ1) is 16.9. The van der Waals surface area contributed by atoms with Gasteiger partial charge >= 0.3 is 6.18 Å². The lowest BCUT2D eigenvalue weighted by Gasteiger charge is -2.11. The zero-order valence-corrected chi connectivity index (χ0v) is 13.4. The van der Waals surface area contributed by atoms with Crippen molar-refractivity contribution < 1.29 is 17.6 Å². The number of hydrogen-bond acceptors (Lipinski definition) is 5. The van der Waals surface area contributed by atoms with Crippen LogP contribution < -0.4 is 5.32 Å². The number of nitrogens with one attached hydrogen (secondary N) is 1. The minimum absolute atomic E-state index is 0.163. The molecule has 0 unspecified atom stereocenters. The highest BCUT2D eigenvalue weighted by Gasteiger charge is 2.34. The molecule has 0 aliphatic rings. The first-order chi connectivity index (χ1) is 12.9. The Morgan fingerprint density at radius 2 is 1.78 bits per heavy atom. The molecule has 4 aromatic rings. The number of nitrogens with zero attached hydrogens (tertiary/aromatic N) is 5. The Morgan fingerprint density at radius 1 is 1.00 bits per heavy atom. The molecular formula is C17H10F4N6. The summed E-state index contributed by atoms with van der Waals surface area (Å²) in [5, 5.41) is 14.9. The summed E-state index contributed by atoms with van der Waals surface area (Å²) in [6.07, 6.45) is -2.01. The van der Waals surface area contributed by atoms with Crippen LogP contribution in [0.2, 0.25) is 0 Å². The fourth-order valence-electron chi connectivity index (χ4n) is 2.53. The van der Waals surface area contributed by atoms with Crippen molar-refractivity contribution in [3.63, 3.8) is 0 Å². The highest BCUT2D eigenvalue weighted by atomic mass is 19.4. The van der Waals surface area contributed by atoms with Gasteiger partial charge in [0, 0.05) is 17.4 Å². The summed E-state index contributed by atoms with van der Waals surface area (Å²) < 4.78 is 53.9. The molecule has 0 radical (unpaired) electrons. The number of anilines is 2. The summed E-state index contributed by atoms with van der Waals surface area (Å²) in [7, 11) is 0. The van der Waals surface area contributed by atoms with Crippen molar-refractivity contribution in [3.8, 4) is 11.3 Å². The lowest BCUT2D eigenvalue weighted by atomic mass is 10.1. The summed E-state index contributed by atoms with van der Waals surface area (Å²) in [6, 6.07) is 9.15. The Hall–Kier alpha value is -3.56. The number of rotatable bonds is 3. The molecule has 3 aromatic heterocycles. The molecule has 0 bridgehead atoms. The van der Waals surface area contributed by atoms with Gasteiger partial charge in [-0.25, -0.2) is 4.39 Å². The van der Waals surface area contributed by atoms with E-state index in [2.05, 4.69) is 25.6 Å². The van der Waals surface area contributed by atoms with E-state index in [-0.39, 0.29) is 28.7 Å². The summed E-state index contributed by atoms with van der Waals surface area (Å²) in [6.45, 7) is 0. The standard InChI is InChI=1S/C17H10F4N6/c18-11-3-5-12(6-4-11)24-16-26-25-14-8-10(9-23-27(14)16)15-13(17(19,20)21)2-1-7-22-15/h1-9H,(H,24,26). The summed E-state index contributed by atoms with van der Waals surface area (Å²) in [5.74, 6) is -0.148. The average molecular weight is 374 g/mol. The molecule has 0 amide bonds. The number of fused-ring (bicyclic) bond motifs is 1. The van der Waals surface area contributed by atoms with Crippen LogP contribution in [0.3, 0.4) is 0 Å². The van der Waals surface area contributed by atoms with Crippen molar-refractivity contribution >= 4 is 17.3 Å². The molecule has 27 heavy (non-hydrogen) atoms. The molecule has 136 valence electrons. The second-order valence-corrected chi connectivity index (χ2v) is 5.57. The SMILES string of the molecule is Fc1ccc(Nc2nnc3cc(-c4ncccc4C(F)(F)F)cnn23)cc1.